The molecule has 2 unspecified atom stereocenters. The van der Waals surface area contributed by atoms with E-state index in [2.05, 4.69) is 96.0 Å². The van der Waals surface area contributed by atoms with E-state index in [4.69, 9.17) is 0 Å². The van der Waals surface area contributed by atoms with Gasteiger partial charge in [-0.2, -0.15) is 0 Å². The van der Waals surface area contributed by atoms with E-state index in [1.54, 1.807) is 0 Å². The highest BCUT2D eigenvalue weighted by Crippen LogP contribution is 2.47. The van der Waals surface area contributed by atoms with E-state index in [1.165, 1.54) is 66.3 Å². The van der Waals surface area contributed by atoms with Crippen LogP contribution in [0.15, 0.2) is 44.4 Å². The Labute approximate surface area is 173 Å². The molecule has 0 bridgehead atoms. The van der Waals surface area contributed by atoms with Gasteiger partial charge in [0, 0.05) is 20.8 Å². The van der Waals surface area contributed by atoms with E-state index in [1.807, 2.05) is 0 Å². The third-order valence-electron chi connectivity index (χ3n) is 5.95. The third-order valence-corrected chi connectivity index (χ3v) is 7.26. The van der Waals surface area contributed by atoms with Gasteiger partial charge in [-0.1, -0.05) is 67.3 Å². The first-order valence-electron chi connectivity index (χ1n) is 9.31. The molecule has 0 saturated heterocycles. The van der Waals surface area contributed by atoms with Gasteiger partial charge in [0.1, 0.15) is 0 Å². The van der Waals surface area contributed by atoms with Crippen molar-refractivity contribution >= 4 is 44.0 Å². The molecule has 2 aliphatic carbocycles. The van der Waals surface area contributed by atoms with Crippen molar-refractivity contribution in [2.24, 2.45) is 0 Å². The minimum atomic E-state index is 0.547. The van der Waals surface area contributed by atoms with Gasteiger partial charge < -0.3 is 0 Å². The maximum Gasteiger partial charge on any atom is 0.0253 e. The lowest BCUT2D eigenvalue weighted by Gasteiger charge is -2.20. The number of hydrogen-bond donors (Lipinski definition) is 0. The number of hydrogen-bond acceptors (Lipinski definition) is 0. The molecule has 0 fully saturated rings. The molecule has 2 aromatic rings. The quantitative estimate of drug-likeness (QED) is 0.422. The van der Waals surface area contributed by atoms with Crippen LogP contribution in [0.25, 0.3) is 12.2 Å². The van der Waals surface area contributed by atoms with E-state index in [-0.39, 0.29) is 0 Å². The molecular weight excluding hydrogens is 448 g/mol. The minimum absolute atomic E-state index is 0.547. The molecule has 0 heterocycles. The van der Waals surface area contributed by atoms with Gasteiger partial charge in [-0.3, -0.25) is 0 Å². The van der Waals surface area contributed by atoms with Crippen LogP contribution in [0.1, 0.15) is 71.9 Å². The molecule has 26 heavy (non-hydrogen) atoms. The summed E-state index contributed by atoms with van der Waals surface area (Å²) in [5.41, 5.74) is 11.4. The standard InChI is InChI=1S/C24H24Br2/c1-13-7-19-17(15(3)11-21(19)23(25)9-13)5-6-18-16(4)12-22-20(18)8-14(2)10-24(22)26/h7-12,17-18H,5-6H2,1-4H3. The summed E-state index contributed by atoms with van der Waals surface area (Å²) in [6.07, 6.45) is 7.14. The smallest absolute Gasteiger partial charge is 0.0253 e. The summed E-state index contributed by atoms with van der Waals surface area (Å²) >= 11 is 7.52. The summed E-state index contributed by atoms with van der Waals surface area (Å²) in [5, 5.41) is 0. The van der Waals surface area contributed by atoms with Crippen molar-refractivity contribution in [2.45, 2.75) is 52.4 Å². The zero-order valence-corrected chi connectivity index (χ0v) is 19.0. The zero-order chi connectivity index (χ0) is 18.6. The second kappa shape index (κ2) is 6.80. The third kappa shape index (κ3) is 3.05. The summed E-state index contributed by atoms with van der Waals surface area (Å²) in [7, 11) is 0. The molecule has 4 rings (SSSR count). The fourth-order valence-electron chi connectivity index (χ4n) is 4.69. The Balaban J connectivity index is 1.61. The molecule has 2 atom stereocenters. The lowest BCUT2D eigenvalue weighted by atomic mass is 9.84. The second-order valence-corrected chi connectivity index (χ2v) is 9.67. The van der Waals surface area contributed by atoms with Gasteiger partial charge in [-0.25, -0.2) is 0 Å². The SMILES string of the molecule is CC1=Cc2c(Br)cc(C)cc2C1CCC1C(C)=Cc2c(Br)cc(C)cc21. The van der Waals surface area contributed by atoms with Crippen LogP contribution in [-0.4, -0.2) is 0 Å². The van der Waals surface area contributed by atoms with Crippen molar-refractivity contribution in [2.75, 3.05) is 0 Å². The molecule has 2 aromatic carbocycles. The number of fused-ring (bicyclic) bond motifs is 2. The first-order chi connectivity index (χ1) is 12.3. The van der Waals surface area contributed by atoms with Crippen LogP contribution < -0.4 is 0 Å². The maximum atomic E-state index is 3.76. The molecule has 0 saturated carbocycles. The molecule has 2 heteroatoms. The highest BCUT2D eigenvalue weighted by Gasteiger charge is 2.29. The molecule has 0 radical (unpaired) electrons. The average Bonchev–Trinajstić information content (AvgIpc) is 3.03. The Bertz CT molecular complexity index is 883. The molecule has 0 nitrogen and oxygen atoms in total. The van der Waals surface area contributed by atoms with Crippen LogP contribution in [0.5, 0.6) is 0 Å². The Kier molecular flexibility index (Phi) is 4.77. The molecular formula is C24H24Br2. The monoisotopic (exact) mass is 470 g/mol. The fourth-order valence-corrected chi connectivity index (χ4v) is 6.10. The summed E-state index contributed by atoms with van der Waals surface area (Å²) < 4.78 is 2.47. The number of benzene rings is 2. The average molecular weight is 472 g/mol. The first kappa shape index (κ1) is 18.3. The number of halogens is 2. The molecule has 0 amide bonds. The van der Waals surface area contributed by atoms with Gasteiger partial charge in [0.2, 0.25) is 0 Å². The normalized spacial score (nSPS) is 20.7. The van der Waals surface area contributed by atoms with Gasteiger partial charge >= 0.3 is 0 Å². The summed E-state index contributed by atoms with van der Waals surface area (Å²) in [5.74, 6) is 1.09. The lowest BCUT2D eigenvalue weighted by Crippen LogP contribution is -2.04. The topological polar surface area (TPSA) is 0 Å². The van der Waals surface area contributed by atoms with E-state index in [9.17, 15) is 0 Å². The highest BCUT2D eigenvalue weighted by atomic mass is 79.9. The van der Waals surface area contributed by atoms with E-state index in [0.717, 1.165) is 0 Å². The van der Waals surface area contributed by atoms with E-state index >= 15 is 0 Å². The Morgan fingerprint density at radius 3 is 1.42 bits per heavy atom. The van der Waals surface area contributed by atoms with Gasteiger partial charge in [-0.05, 0) is 86.1 Å². The molecule has 2 aliphatic rings. The molecule has 0 spiro atoms. The lowest BCUT2D eigenvalue weighted by molar-refractivity contribution is 0.611. The predicted octanol–water partition coefficient (Wildman–Crippen LogP) is 8.31. The predicted molar refractivity (Wildman–Crippen MR) is 120 cm³/mol. The van der Waals surface area contributed by atoms with Crippen molar-refractivity contribution < 1.29 is 0 Å². The van der Waals surface area contributed by atoms with Gasteiger partial charge in [0.05, 0.1) is 0 Å². The van der Waals surface area contributed by atoms with Gasteiger partial charge in [-0.15, -0.1) is 0 Å². The van der Waals surface area contributed by atoms with Gasteiger partial charge in [0.15, 0.2) is 0 Å². The van der Waals surface area contributed by atoms with Crippen LogP contribution in [-0.2, 0) is 0 Å². The molecule has 134 valence electrons. The van der Waals surface area contributed by atoms with Crippen molar-refractivity contribution in [3.63, 3.8) is 0 Å². The minimum Gasteiger partial charge on any atom is -0.0652 e. The van der Waals surface area contributed by atoms with Crippen LogP contribution in [0.3, 0.4) is 0 Å². The van der Waals surface area contributed by atoms with Crippen LogP contribution in [0.4, 0.5) is 0 Å². The Morgan fingerprint density at radius 1 is 0.654 bits per heavy atom. The highest BCUT2D eigenvalue weighted by molar-refractivity contribution is 9.10. The largest absolute Gasteiger partial charge is 0.0652 e. The summed E-state index contributed by atoms with van der Waals surface area (Å²) in [6.45, 7) is 8.96. The van der Waals surface area contributed by atoms with Crippen LogP contribution in [0.2, 0.25) is 0 Å². The second-order valence-electron chi connectivity index (χ2n) is 7.96. The Hall–Kier alpha value is -1.12. The number of allylic oxidation sites excluding steroid dienone is 2. The number of aryl methyl sites for hydroxylation is 2. The van der Waals surface area contributed by atoms with Crippen molar-refractivity contribution in [3.05, 3.63) is 77.7 Å². The number of rotatable bonds is 3. The fraction of sp³-hybridized carbons (Fsp3) is 0.333. The Morgan fingerprint density at radius 2 is 1.04 bits per heavy atom. The first-order valence-corrected chi connectivity index (χ1v) is 10.9. The van der Waals surface area contributed by atoms with Crippen molar-refractivity contribution in [3.8, 4) is 0 Å². The van der Waals surface area contributed by atoms with E-state index < -0.39 is 0 Å². The maximum absolute atomic E-state index is 3.76. The molecule has 0 aliphatic heterocycles. The van der Waals surface area contributed by atoms with Crippen LogP contribution >= 0.6 is 31.9 Å². The van der Waals surface area contributed by atoms with Gasteiger partial charge in [0.25, 0.3) is 0 Å². The van der Waals surface area contributed by atoms with Crippen LogP contribution in [0, 0.1) is 13.8 Å². The summed E-state index contributed by atoms with van der Waals surface area (Å²) in [6, 6.07) is 9.21. The van der Waals surface area contributed by atoms with Crippen molar-refractivity contribution in [1.29, 1.82) is 0 Å². The van der Waals surface area contributed by atoms with Crippen molar-refractivity contribution in [1.82, 2.24) is 0 Å². The molecule has 0 N–H and O–H groups in total. The van der Waals surface area contributed by atoms with E-state index in [0.29, 0.717) is 11.8 Å². The summed E-state index contributed by atoms with van der Waals surface area (Å²) in [4.78, 5) is 0. The molecule has 0 aromatic heterocycles. The zero-order valence-electron chi connectivity index (χ0n) is 15.8.